The second-order valence-corrected chi connectivity index (χ2v) is 11.1. The minimum atomic E-state index is -5.84. The van der Waals surface area contributed by atoms with Crippen molar-refractivity contribution in [1.82, 2.24) is 0 Å². The van der Waals surface area contributed by atoms with Crippen molar-refractivity contribution in [2.75, 3.05) is 0 Å². The lowest BCUT2D eigenvalue weighted by Gasteiger charge is -2.33. The zero-order valence-electron chi connectivity index (χ0n) is 18.8. The summed E-state index contributed by atoms with van der Waals surface area (Å²) in [6.07, 6.45) is 2.89. The quantitative estimate of drug-likeness (QED) is 0.127. The molecule has 6 nitrogen and oxygen atoms in total. The Morgan fingerprint density at radius 2 is 1.35 bits per heavy atom. The average Bonchev–Trinajstić information content (AvgIpc) is 2.63. The van der Waals surface area contributed by atoms with Crippen LogP contribution in [0.15, 0.2) is 47.7 Å². The molecule has 14 heteroatoms. The molecule has 1 atom stereocenters. The fraction of sp³-hybridized carbons (Fsp3) is 0.500. The number of alkyl halides is 6. The van der Waals surface area contributed by atoms with Crippen molar-refractivity contribution < 1.29 is 51.5 Å². The molecule has 0 N–H and O–H groups in total. The lowest BCUT2D eigenvalue weighted by molar-refractivity contribution is -0.0522. The Balaban J connectivity index is 3.31. The molecule has 0 aliphatic heterocycles. The first-order chi connectivity index (χ1) is 15.1. The fourth-order valence-electron chi connectivity index (χ4n) is 3.05. The maximum absolute atomic E-state index is 12.5. The number of halogens is 6. The summed E-state index contributed by atoms with van der Waals surface area (Å²) >= 11 is 0. The topological polar surface area (TPSA) is 86.7 Å². The van der Waals surface area contributed by atoms with Crippen molar-refractivity contribution >= 4 is 20.2 Å². The Hall–Kier alpha value is -2.22. The van der Waals surface area contributed by atoms with Crippen LogP contribution >= 0.6 is 0 Å². The summed E-state index contributed by atoms with van der Waals surface area (Å²) in [5, 5.41) is 0. The highest BCUT2D eigenvalue weighted by Gasteiger charge is 2.49. The summed E-state index contributed by atoms with van der Waals surface area (Å²) in [6.45, 7) is 8.19. The van der Waals surface area contributed by atoms with Gasteiger partial charge in [0, 0.05) is 5.41 Å². The van der Waals surface area contributed by atoms with E-state index in [4.69, 9.17) is 0 Å². The van der Waals surface area contributed by atoms with E-state index in [0.29, 0.717) is 17.6 Å². The third-order valence-electron chi connectivity index (χ3n) is 4.76. The number of hydrogen-bond acceptors (Lipinski definition) is 6. The van der Waals surface area contributed by atoms with E-state index >= 15 is 0 Å². The van der Waals surface area contributed by atoms with Gasteiger partial charge in [-0.1, -0.05) is 44.6 Å². The van der Waals surface area contributed by atoms with Gasteiger partial charge in [0.05, 0.1) is 0 Å². The number of benzene rings is 1. The van der Waals surface area contributed by atoms with E-state index in [0.717, 1.165) is 25.1 Å². The van der Waals surface area contributed by atoms with Crippen molar-refractivity contribution in [2.45, 2.75) is 57.5 Å². The molecule has 0 aliphatic rings. The van der Waals surface area contributed by atoms with Crippen LogP contribution in [-0.2, 0) is 29.8 Å². The molecule has 1 aromatic carbocycles. The Labute approximate surface area is 194 Å². The predicted molar refractivity (Wildman–Crippen MR) is 112 cm³/mol. The third-order valence-corrected chi connectivity index (χ3v) is 6.79. The molecule has 194 valence electrons. The standard InChI is InChI=1S/C20H24F6O6S2/c1-13(2)12-18(5,14(3)6-7-15(4)31-33(27,28)19(21,22)23)16-8-10-17(11-9-16)32-34(29,30)20(24,25)26/h6-11,13H,12H2,1-5H3/b14-6+,15-7+. The van der Waals surface area contributed by atoms with Crippen molar-refractivity contribution in [1.29, 1.82) is 0 Å². The summed E-state index contributed by atoms with van der Waals surface area (Å²) in [5.41, 5.74) is -10.9. The molecule has 0 saturated carbocycles. The van der Waals surface area contributed by atoms with Crippen LogP contribution < -0.4 is 4.18 Å². The van der Waals surface area contributed by atoms with E-state index in [1.54, 1.807) is 13.8 Å². The van der Waals surface area contributed by atoms with E-state index < -0.39 is 48.2 Å². The molecule has 0 saturated heterocycles. The molecular formula is C20H24F6O6S2. The maximum Gasteiger partial charge on any atom is 0.534 e. The molecule has 1 rings (SSSR count). The fourth-order valence-corrected chi connectivity index (χ4v) is 4.00. The largest absolute Gasteiger partial charge is 0.534 e. The predicted octanol–water partition coefficient (Wildman–Crippen LogP) is 5.94. The highest BCUT2D eigenvalue weighted by Crippen LogP contribution is 2.39. The van der Waals surface area contributed by atoms with Crippen LogP contribution in [0.3, 0.4) is 0 Å². The van der Waals surface area contributed by atoms with Gasteiger partial charge >= 0.3 is 31.3 Å². The van der Waals surface area contributed by atoms with Crippen LogP contribution in [0.5, 0.6) is 5.75 Å². The van der Waals surface area contributed by atoms with Crippen LogP contribution in [0.2, 0.25) is 0 Å². The summed E-state index contributed by atoms with van der Waals surface area (Å²) in [6, 6.07) is 4.82. The third kappa shape index (κ3) is 7.39. The van der Waals surface area contributed by atoms with Crippen LogP contribution in [0.4, 0.5) is 26.3 Å². The van der Waals surface area contributed by atoms with Gasteiger partial charge in [0.15, 0.2) is 0 Å². The minimum Gasteiger partial charge on any atom is -0.381 e. The van der Waals surface area contributed by atoms with Gasteiger partial charge in [-0.3, -0.25) is 0 Å². The molecule has 0 aromatic heterocycles. The molecule has 0 amide bonds. The molecule has 0 aliphatic carbocycles. The first kappa shape index (κ1) is 29.8. The number of allylic oxidation sites excluding steroid dienone is 4. The first-order valence-corrected chi connectivity index (χ1v) is 12.4. The van der Waals surface area contributed by atoms with E-state index in [9.17, 15) is 43.2 Å². The molecule has 1 aromatic rings. The Bertz CT molecular complexity index is 1130. The number of hydrogen-bond donors (Lipinski definition) is 0. The van der Waals surface area contributed by atoms with Gasteiger partial charge in [0.2, 0.25) is 0 Å². The zero-order chi connectivity index (χ0) is 26.8. The van der Waals surface area contributed by atoms with Crippen LogP contribution in [-0.4, -0.2) is 27.9 Å². The van der Waals surface area contributed by atoms with Gasteiger partial charge in [-0.15, -0.1) is 0 Å². The Kier molecular flexibility index (Phi) is 8.93. The van der Waals surface area contributed by atoms with Crippen LogP contribution in [0, 0.1) is 5.92 Å². The lowest BCUT2D eigenvalue weighted by atomic mass is 9.71. The van der Waals surface area contributed by atoms with Gasteiger partial charge in [0.1, 0.15) is 11.5 Å². The van der Waals surface area contributed by atoms with Gasteiger partial charge in [-0.2, -0.15) is 43.2 Å². The van der Waals surface area contributed by atoms with Gasteiger partial charge in [-0.25, -0.2) is 0 Å². The van der Waals surface area contributed by atoms with E-state index in [2.05, 4.69) is 8.37 Å². The second-order valence-electron chi connectivity index (χ2n) is 8.05. The van der Waals surface area contributed by atoms with Gasteiger partial charge in [0.25, 0.3) is 0 Å². The summed E-state index contributed by atoms with van der Waals surface area (Å²) in [5.74, 6) is -1.01. The summed E-state index contributed by atoms with van der Waals surface area (Å²) in [4.78, 5) is 0. The summed E-state index contributed by atoms with van der Waals surface area (Å²) < 4.78 is 128. The maximum atomic E-state index is 12.5. The Morgan fingerprint density at radius 3 is 1.76 bits per heavy atom. The van der Waals surface area contributed by atoms with E-state index in [1.165, 1.54) is 18.2 Å². The number of rotatable bonds is 9. The Morgan fingerprint density at radius 1 is 0.882 bits per heavy atom. The first-order valence-electron chi connectivity index (χ1n) is 9.60. The van der Waals surface area contributed by atoms with Gasteiger partial charge < -0.3 is 8.37 Å². The molecular weight excluding hydrogens is 514 g/mol. The van der Waals surface area contributed by atoms with Crippen LogP contribution in [0.25, 0.3) is 0 Å². The van der Waals surface area contributed by atoms with Crippen molar-refractivity contribution in [2.24, 2.45) is 5.92 Å². The van der Waals surface area contributed by atoms with E-state index in [1.807, 2.05) is 13.8 Å². The second kappa shape index (κ2) is 10.2. The molecule has 0 radical (unpaired) electrons. The SMILES string of the molecule is C/C(=C\C=C(/C)C(C)(CC(C)C)c1ccc(OS(=O)(=O)C(F)(F)F)cc1)OS(=O)(=O)C(F)(F)F. The highest BCUT2D eigenvalue weighted by molar-refractivity contribution is 7.88. The minimum absolute atomic E-state index is 0.0850. The molecule has 0 bridgehead atoms. The van der Waals surface area contributed by atoms with E-state index in [-0.39, 0.29) is 5.92 Å². The zero-order valence-corrected chi connectivity index (χ0v) is 20.4. The summed E-state index contributed by atoms with van der Waals surface area (Å²) in [7, 11) is -11.7. The highest BCUT2D eigenvalue weighted by atomic mass is 32.2. The van der Waals surface area contributed by atoms with Crippen molar-refractivity contribution in [3.8, 4) is 5.75 Å². The smallest absolute Gasteiger partial charge is 0.381 e. The molecule has 34 heavy (non-hydrogen) atoms. The molecule has 0 spiro atoms. The van der Waals surface area contributed by atoms with Crippen molar-refractivity contribution in [3.05, 3.63) is 53.3 Å². The van der Waals surface area contributed by atoms with Crippen LogP contribution in [0.1, 0.15) is 46.6 Å². The molecule has 0 fully saturated rings. The molecule has 0 heterocycles. The normalized spacial score (nSPS) is 16.4. The van der Waals surface area contributed by atoms with Gasteiger partial charge in [-0.05, 0) is 50.0 Å². The average molecular weight is 539 g/mol. The monoisotopic (exact) mass is 538 g/mol. The molecule has 1 unspecified atom stereocenters. The lowest BCUT2D eigenvalue weighted by Crippen LogP contribution is -2.28. The van der Waals surface area contributed by atoms with Crippen molar-refractivity contribution in [3.63, 3.8) is 0 Å².